The van der Waals surface area contributed by atoms with Crippen molar-refractivity contribution < 1.29 is 0 Å². The summed E-state index contributed by atoms with van der Waals surface area (Å²) in [6.07, 6.45) is 1.46. The van der Waals surface area contributed by atoms with E-state index >= 15 is 0 Å². The third-order valence-electron chi connectivity index (χ3n) is 2.03. The Kier molecular flexibility index (Phi) is 3.26. The first-order valence-corrected chi connectivity index (χ1v) is 5.73. The first kappa shape index (κ1) is 10.8. The molecule has 0 saturated heterocycles. The van der Waals surface area contributed by atoms with E-state index in [1.54, 1.807) is 11.8 Å². The van der Waals surface area contributed by atoms with E-state index in [1.807, 2.05) is 30.3 Å². The molecule has 0 aliphatic rings. The Balaban J connectivity index is 2.11. The number of hydrogen-bond acceptors (Lipinski definition) is 3. The van der Waals surface area contributed by atoms with E-state index in [-0.39, 0.29) is 5.56 Å². The zero-order chi connectivity index (χ0) is 11.4. The van der Waals surface area contributed by atoms with Crippen molar-refractivity contribution in [3.8, 4) is 0 Å². The van der Waals surface area contributed by atoms with Crippen molar-refractivity contribution in [3.63, 3.8) is 0 Å². The Hall–Kier alpha value is -1.75. The fourth-order valence-electron chi connectivity index (χ4n) is 1.22. The van der Waals surface area contributed by atoms with Crippen LogP contribution < -0.4 is 11.2 Å². The minimum atomic E-state index is -0.474. The molecule has 0 unspecified atom stereocenters. The lowest BCUT2D eigenvalue weighted by Crippen LogP contribution is -2.24. The average molecular weight is 234 g/mol. The molecule has 4 nitrogen and oxygen atoms in total. The van der Waals surface area contributed by atoms with Crippen molar-refractivity contribution in [3.05, 3.63) is 62.9 Å². The highest BCUT2D eigenvalue weighted by molar-refractivity contribution is 7.98. The van der Waals surface area contributed by atoms with Gasteiger partial charge in [0, 0.05) is 22.4 Å². The Morgan fingerprint density at radius 3 is 2.56 bits per heavy atom. The van der Waals surface area contributed by atoms with E-state index in [0.717, 1.165) is 4.90 Å². The summed E-state index contributed by atoms with van der Waals surface area (Å²) in [6.45, 7) is 0. The summed E-state index contributed by atoms with van der Waals surface area (Å²) in [6, 6.07) is 9.78. The van der Waals surface area contributed by atoms with Gasteiger partial charge in [0.05, 0.1) is 0 Å². The first-order chi connectivity index (χ1) is 7.75. The zero-order valence-electron chi connectivity index (χ0n) is 8.40. The van der Waals surface area contributed by atoms with Gasteiger partial charge in [0.1, 0.15) is 0 Å². The van der Waals surface area contributed by atoms with E-state index in [0.29, 0.717) is 11.3 Å². The van der Waals surface area contributed by atoms with Crippen LogP contribution >= 0.6 is 11.8 Å². The van der Waals surface area contributed by atoms with Crippen molar-refractivity contribution in [2.45, 2.75) is 10.6 Å². The first-order valence-electron chi connectivity index (χ1n) is 4.74. The summed E-state index contributed by atoms with van der Waals surface area (Å²) < 4.78 is 0. The molecule has 0 aliphatic carbocycles. The van der Waals surface area contributed by atoms with E-state index in [1.165, 1.54) is 6.20 Å². The number of nitrogens with one attached hydrogen (secondary N) is 2. The van der Waals surface area contributed by atoms with Gasteiger partial charge in [0.15, 0.2) is 0 Å². The number of benzene rings is 1. The van der Waals surface area contributed by atoms with Crippen molar-refractivity contribution in [2.75, 3.05) is 0 Å². The zero-order valence-corrected chi connectivity index (χ0v) is 9.21. The Bertz CT molecular complexity index is 574. The van der Waals surface area contributed by atoms with E-state index < -0.39 is 5.69 Å². The molecule has 1 aromatic heterocycles. The van der Waals surface area contributed by atoms with Gasteiger partial charge in [-0.1, -0.05) is 18.2 Å². The second-order valence-electron chi connectivity index (χ2n) is 3.20. The average Bonchev–Trinajstić information content (AvgIpc) is 2.29. The minimum Gasteiger partial charge on any atom is -0.314 e. The maximum Gasteiger partial charge on any atom is 0.325 e. The summed E-state index contributed by atoms with van der Waals surface area (Å²) in [5.41, 5.74) is -0.237. The van der Waals surface area contributed by atoms with Crippen LogP contribution in [0.5, 0.6) is 0 Å². The molecule has 16 heavy (non-hydrogen) atoms. The molecule has 82 valence electrons. The molecule has 2 aromatic rings. The summed E-state index contributed by atoms with van der Waals surface area (Å²) in [5, 5.41) is 0. The molecule has 0 fully saturated rings. The fraction of sp³-hybridized carbons (Fsp3) is 0.0909. The Labute approximate surface area is 95.7 Å². The Morgan fingerprint density at radius 1 is 1.12 bits per heavy atom. The SMILES string of the molecule is O=c1[nH]cc(CSc2ccccc2)c(=O)[nH]1. The number of thioether (sulfide) groups is 1. The highest BCUT2D eigenvalue weighted by Gasteiger charge is 2.00. The van der Waals surface area contributed by atoms with Crippen molar-refractivity contribution in [1.29, 1.82) is 0 Å². The van der Waals surface area contributed by atoms with E-state index in [2.05, 4.69) is 9.97 Å². The number of hydrogen-bond donors (Lipinski definition) is 2. The van der Waals surface area contributed by atoms with Gasteiger partial charge in [0.25, 0.3) is 5.56 Å². The smallest absolute Gasteiger partial charge is 0.314 e. The predicted molar refractivity (Wildman–Crippen MR) is 63.7 cm³/mol. The number of rotatable bonds is 3. The van der Waals surface area contributed by atoms with Crippen LogP contribution in [0.2, 0.25) is 0 Å². The molecular weight excluding hydrogens is 224 g/mol. The molecule has 0 radical (unpaired) electrons. The molecule has 5 heteroatoms. The lowest BCUT2D eigenvalue weighted by atomic mass is 10.4. The highest BCUT2D eigenvalue weighted by atomic mass is 32.2. The standard InChI is InChI=1S/C11H10N2O2S/c14-10-8(6-12-11(15)13-10)7-16-9-4-2-1-3-5-9/h1-6H,7H2,(H2,12,13,14,15). The van der Waals surface area contributed by atoms with Gasteiger partial charge in [-0.05, 0) is 12.1 Å². The van der Waals surface area contributed by atoms with E-state index in [4.69, 9.17) is 0 Å². The summed E-state index contributed by atoms with van der Waals surface area (Å²) >= 11 is 1.55. The second kappa shape index (κ2) is 4.85. The number of aromatic nitrogens is 2. The maximum absolute atomic E-state index is 11.4. The fourth-order valence-corrected chi connectivity index (χ4v) is 2.11. The van der Waals surface area contributed by atoms with Gasteiger partial charge in [-0.2, -0.15) is 0 Å². The van der Waals surface area contributed by atoms with Gasteiger partial charge in [0.2, 0.25) is 0 Å². The van der Waals surface area contributed by atoms with Gasteiger partial charge in [-0.3, -0.25) is 9.78 Å². The summed E-state index contributed by atoms with van der Waals surface area (Å²) in [4.78, 5) is 27.9. The van der Waals surface area contributed by atoms with Crippen LogP contribution in [-0.2, 0) is 5.75 Å². The van der Waals surface area contributed by atoms with Gasteiger partial charge in [-0.15, -0.1) is 11.8 Å². The molecule has 1 heterocycles. The van der Waals surface area contributed by atoms with Gasteiger partial charge < -0.3 is 4.98 Å². The lowest BCUT2D eigenvalue weighted by molar-refractivity contribution is 1.00. The highest BCUT2D eigenvalue weighted by Crippen LogP contribution is 2.19. The van der Waals surface area contributed by atoms with Crippen LogP contribution in [0, 0.1) is 0 Å². The van der Waals surface area contributed by atoms with Crippen molar-refractivity contribution >= 4 is 11.8 Å². The largest absolute Gasteiger partial charge is 0.325 e. The van der Waals surface area contributed by atoms with Gasteiger partial charge in [-0.25, -0.2) is 4.79 Å². The Morgan fingerprint density at radius 2 is 1.88 bits per heavy atom. The minimum absolute atomic E-state index is 0.327. The van der Waals surface area contributed by atoms with Crippen LogP contribution in [0.25, 0.3) is 0 Å². The third kappa shape index (κ3) is 2.64. The van der Waals surface area contributed by atoms with E-state index in [9.17, 15) is 9.59 Å². The monoisotopic (exact) mass is 234 g/mol. The maximum atomic E-state index is 11.4. The third-order valence-corrected chi connectivity index (χ3v) is 3.09. The number of aromatic amines is 2. The van der Waals surface area contributed by atoms with Crippen molar-refractivity contribution in [1.82, 2.24) is 9.97 Å². The van der Waals surface area contributed by atoms with Crippen molar-refractivity contribution in [2.24, 2.45) is 0 Å². The molecule has 0 amide bonds. The number of H-pyrrole nitrogens is 2. The predicted octanol–water partition coefficient (Wildman–Crippen LogP) is 1.36. The van der Waals surface area contributed by atoms with Gasteiger partial charge >= 0.3 is 5.69 Å². The molecule has 0 spiro atoms. The summed E-state index contributed by atoms with van der Waals surface area (Å²) in [5.74, 6) is 0.538. The topological polar surface area (TPSA) is 65.7 Å². The molecule has 0 bridgehead atoms. The molecule has 0 saturated carbocycles. The van der Waals surface area contributed by atoms with Crippen LogP contribution in [0.15, 0.2) is 51.0 Å². The van der Waals surface area contributed by atoms with Crippen LogP contribution in [0.4, 0.5) is 0 Å². The summed E-state index contributed by atoms with van der Waals surface area (Å²) in [7, 11) is 0. The molecule has 0 aliphatic heterocycles. The van der Waals surface area contributed by atoms with Crippen LogP contribution in [-0.4, -0.2) is 9.97 Å². The molecular formula is C11H10N2O2S. The molecule has 2 N–H and O–H groups in total. The van der Waals surface area contributed by atoms with Crippen LogP contribution in [0.3, 0.4) is 0 Å². The second-order valence-corrected chi connectivity index (χ2v) is 4.25. The van der Waals surface area contributed by atoms with Crippen LogP contribution in [0.1, 0.15) is 5.56 Å². The molecule has 0 atom stereocenters. The molecule has 2 rings (SSSR count). The quantitative estimate of drug-likeness (QED) is 0.788. The molecule has 1 aromatic carbocycles. The normalized spacial score (nSPS) is 10.2. The lowest BCUT2D eigenvalue weighted by Gasteiger charge is -1.99.